The molecule has 0 bridgehead atoms. The molecular weight excluding hydrogens is 415 g/mol. The molecule has 2 aromatic carbocycles. The molecule has 0 spiro atoms. The number of carbonyl (C=O) groups is 1. The van der Waals surface area contributed by atoms with Gasteiger partial charge in [0, 0.05) is 18.8 Å². The van der Waals surface area contributed by atoms with E-state index in [2.05, 4.69) is 15.5 Å². The third kappa shape index (κ3) is 5.71. The van der Waals surface area contributed by atoms with Gasteiger partial charge in [0.05, 0.1) is 10.8 Å². The zero-order chi connectivity index (χ0) is 21.0. The quantitative estimate of drug-likeness (QED) is 0.553. The van der Waals surface area contributed by atoms with E-state index >= 15 is 0 Å². The Labute approximate surface area is 177 Å². The number of anilines is 1. The van der Waals surface area contributed by atoms with Crippen molar-refractivity contribution >= 4 is 35.0 Å². The molecule has 3 aromatic rings. The molecule has 0 aliphatic rings. The van der Waals surface area contributed by atoms with Gasteiger partial charge in [-0.2, -0.15) is 0 Å². The maximum absolute atomic E-state index is 13.2. The molecule has 0 unspecified atom stereocenters. The van der Waals surface area contributed by atoms with Crippen LogP contribution in [0.5, 0.6) is 5.75 Å². The molecule has 0 aliphatic heterocycles. The van der Waals surface area contributed by atoms with Gasteiger partial charge in [-0.3, -0.25) is 4.79 Å². The topological polar surface area (TPSA) is 69.0 Å². The van der Waals surface area contributed by atoms with Crippen LogP contribution < -0.4 is 10.1 Å². The summed E-state index contributed by atoms with van der Waals surface area (Å²) < 4.78 is 20.5. The molecule has 1 amide bonds. The number of benzene rings is 2. The smallest absolute Gasteiger partial charge is 0.234 e. The highest BCUT2D eigenvalue weighted by Crippen LogP contribution is 2.22. The number of nitrogens with one attached hydrogen (secondary N) is 1. The van der Waals surface area contributed by atoms with E-state index in [4.69, 9.17) is 16.3 Å². The molecule has 3 rings (SSSR count). The summed E-state index contributed by atoms with van der Waals surface area (Å²) in [7, 11) is 1.79. The molecular formula is C20H20ClFN4O2S. The van der Waals surface area contributed by atoms with E-state index in [9.17, 15) is 9.18 Å². The lowest BCUT2D eigenvalue weighted by atomic mass is 10.1. The lowest BCUT2D eigenvalue weighted by molar-refractivity contribution is -0.113. The fourth-order valence-corrected chi connectivity index (χ4v) is 3.59. The van der Waals surface area contributed by atoms with Gasteiger partial charge in [-0.25, -0.2) is 4.39 Å². The summed E-state index contributed by atoms with van der Waals surface area (Å²) in [6.45, 7) is 4.11. The first-order chi connectivity index (χ1) is 13.8. The fraction of sp³-hybridized carbons (Fsp3) is 0.250. The summed E-state index contributed by atoms with van der Waals surface area (Å²) in [5.41, 5.74) is 2.96. The van der Waals surface area contributed by atoms with Crippen molar-refractivity contribution in [1.82, 2.24) is 14.8 Å². The summed E-state index contributed by atoms with van der Waals surface area (Å²) in [5.74, 6) is 0.578. The Morgan fingerprint density at radius 2 is 1.93 bits per heavy atom. The van der Waals surface area contributed by atoms with Crippen LogP contribution in [0.15, 0.2) is 41.6 Å². The number of carbonyl (C=O) groups excluding carboxylic acids is 1. The lowest BCUT2D eigenvalue weighted by Crippen LogP contribution is -2.14. The molecule has 1 N–H and O–H groups in total. The normalized spacial score (nSPS) is 10.8. The van der Waals surface area contributed by atoms with E-state index in [0.717, 1.165) is 16.8 Å². The second kappa shape index (κ2) is 9.28. The summed E-state index contributed by atoms with van der Waals surface area (Å²) in [5, 5.41) is 11.7. The van der Waals surface area contributed by atoms with Gasteiger partial charge in [-0.05, 0) is 49.2 Å². The molecule has 0 saturated carbocycles. The average molecular weight is 435 g/mol. The first-order valence-corrected chi connectivity index (χ1v) is 10.2. The Kier molecular flexibility index (Phi) is 6.76. The molecule has 0 aliphatic carbocycles. The van der Waals surface area contributed by atoms with E-state index in [1.165, 1.54) is 30.0 Å². The minimum atomic E-state index is -0.504. The number of rotatable bonds is 7. The van der Waals surface area contributed by atoms with Gasteiger partial charge in [0.25, 0.3) is 0 Å². The molecule has 0 fully saturated rings. The van der Waals surface area contributed by atoms with Gasteiger partial charge in [0.1, 0.15) is 18.2 Å². The number of aryl methyl sites for hydroxylation is 2. The van der Waals surface area contributed by atoms with Gasteiger partial charge in [-0.1, -0.05) is 29.4 Å². The van der Waals surface area contributed by atoms with E-state index < -0.39 is 5.82 Å². The van der Waals surface area contributed by atoms with E-state index in [1.807, 2.05) is 32.0 Å². The summed E-state index contributed by atoms with van der Waals surface area (Å²) in [4.78, 5) is 12.2. The van der Waals surface area contributed by atoms with Gasteiger partial charge in [-0.15, -0.1) is 10.2 Å². The van der Waals surface area contributed by atoms with Crippen LogP contribution in [-0.2, 0) is 18.4 Å². The van der Waals surface area contributed by atoms with E-state index in [1.54, 1.807) is 11.6 Å². The molecule has 9 heteroatoms. The summed E-state index contributed by atoms with van der Waals surface area (Å²) in [6, 6.07) is 10.0. The standard InChI is InChI=1S/C20H20ClFN4O2S/c1-12-6-13(2)8-14(7-12)23-19(27)11-29-20-25-24-18(26(20)3)10-28-15-4-5-17(22)16(21)9-15/h4-9H,10-11H2,1-3H3,(H,23,27). The van der Waals surface area contributed by atoms with Crippen molar-refractivity contribution in [2.24, 2.45) is 7.05 Å². The zero-order valence-corrected chi connectivity index (χ0v) is 17.8. The van der Waals surface area contributed by atoms with Crippen molar-refractivity contribution in [3.63, 3.8) is 0 Å². The summed E-state index contributed by atoms with van der Waals surface area (Å²) in [6.07, 6.45) is 0. The molecule has 6 nitrogen and oxygen atoms in total. The second-order valence-electron chi connectivity index (χ2n) is 6.54. The first-order valence-electron chi connectivity index (χ1n) is 8.79. The Morgan fingerprint density at radius 1 is 1.21 bits per heavy atom. The van der Waals surface area contributed by atoms with Crippen molar-refractivity contribution in [2.45, 2.75) is 25.6 Å². The van der Waals surface area contributed by atoms with Crippen LogP contribution in [0, 0.1) is 19.7 Å². The highest BCUT2D eigenvalue weighted by atomic mass is 35.5. The Hall–Kier alpha value is -2.58. The van der Waals surface area contributed by atoms with Crippen molar-refractivity contribution in [3.05, 3.63) is 64.2 Å². The third-order valence-electron chi connectivity index (χ3n) is 4.02. The maximum Gasteiger partial charge on any atom is 0.234 e. The fourth-order valence-electron chi connectivity index (χ4n) is 2.68. The van der Waals surface area contributed by atoms with Crippen LogP contribution in [-0.4, -0.2) is 26.4 Å². The predicted molar refractivity (Wildman–Crippen MR) is 112 cm³/mol. The first kappa shape index (κ1) is 21.1. The largest absolute Gasteiger partial charge is 0.486 e. The van der Waals surface area contributed by atoms with E-state index in [0.29, 0.717) is 16.7 Å². The van der Waals surface area contributed by atoms with E-state index in [-0.39, 0.29) is 23.3 Å². The number of hydrogen-bond acceptors (Lipinski definition) is 5. The molecule has 0 radical (unpaired) electrons. The van der Waals surface area contributed by atoms with Crippen LogP contribution in [0.2, 0.25) is 5.02 Å². The lowest BCUT2D eigenvalue weighted by Gasteiger charge is -2.08. The zero-order valence-electron chi connectivity index (χ0n) is 16.2. The molecule has 29 heavy (non-hydrogen) atoms. The summed E-state index contributed by atoms with van der Waals surface area (Å²) >= 11 is 7.03. The Balaban J connectivity index is 1.54. The molecule has 0 atom stereocenters. The number of nitrogens with zero attached hydrogens (tertiary/aromatic N) is 3. The highest BCUT2D eigenvalue weighted by Gasteiger charge is 2.13. The molecule has 1 heterocycles. The minimum absolute atomic E-state index is 0.00785. The highest BCUT2D eigenvalue weighted by molar-refractivity contribution is 7.99. The van der Waals surface area contributed by atoms with Crippen molar-refractivity contribution in [3.8, 4) is 5.75 Å². The average Bonchev–Trinajstić information content (AvgIpc) is 3.00. The number of ether oxygens (including phenoxy) is 1. The van der Waals surface area contributed by atoms with Crippen LogP contribution in [0.1, 0.15) is 17.0 Å². The van der Waals surface area contributed by atoms with Crippen LogP contribution in [0.4, 0.5) is 10.1 Å². The number of hydrogen-bond donors (Lipinski definition) is 1. The second-order valence-corrected chi connectivity index (χ2v) is 7.89. The van der Waals surface area contributed by atoms with Crippen molar-refractivity contribution < 1.29 is 13.9 Å². The van der Waals surface area contributed by atoms with Crippen molar-refractivity contribution in [1.29, 1.82) is 0 Å². The van der Waals surface area contributed by atoms with Gasteiger partial charge < -0.3 is 14.6 Å². The van der Waals surface area contributed by atoms with Crippen LogP contribution in [0.3, 0.4) is 0 Å². The van der Waals surface area contributed by atoms with Crippen LogP contribution >= 0.6 is 23.4 Å². The monoisotopic (exact) mass is 434 g/mol. The number of aromatic nitrogens is 3. The SMILES string of the molecule is Cc1cc(C)cc(NC(=O)CSc2nnc(COc3ccc(F)c(Cl)c3)n2C)c1. The minimum Gasteiger partial charge on any atom is -0.486 e. The van der Waals surface area contributed by atoms with Gasteiger partial charge >= 0.3 is 0 Å². The Bertz CT molecular complexity index is 1020. The predicted octanol–water partition coefficient (Wildman–Crippen LogP) is 4.53. The molecule has 1 aromatic heterocycles. The third-order valence-corrected chi connectivity index (χ3v) is 5.33. The van der Waals surface area contributed by atoms with Gasteiger partial charge in [0.2, 0.25) is 5.91 Å². The van der Waals surface area contributed by atoms with Gasteiger partial charge in [0.15, 0.2) is 11.0 Å². The molecule has 152 valence electrons. The van der Waals surface area contributed by atoms with Crippen LogP contribution in [0.25, 0.3) is 0 Å². The van der Waals surface area contributed by atoms with Crippen molar-refractivity contribution in [2.75, 3.05) is 11.1 Å². The Morgan fingerprint density at radius 3 is 2.62 bits per heavy atom. The maximum atomic E-state index is 13.2. The number of halogens is 2. The number of thioether (sulfide) groups is 1. The molecule has 0 saturated heterocycles. The number of amides is 1.